The van der Waals surface area contributed by atoms with Gasteiger partial charge in [-0.25, -0.2) is 4.98 Å². The van der Waals surface area contributed by atoms with Crippen LogP contribution in [0.4, 0.5) is 17.1 Å². The van der Waals surface area contributed by atoms with E-state index in [1.165, 1.54) is 0 Å². The summed E-state index contributed by atoms with van der Waals surface area (Å²) in [5.41, 5.74) is 12.4. The number of hydrogen-bond donors (Lipinski definition) is 0. The van der Waals surface area contributed by atoms with E-state index in [0.29, 0.717) is 0 Å². The van der Waals surface area contributed by atoms with Crippen molar-refractivity contribution in [1.82, 2.24) is 19.4 Å². The lowest BCUT2D eigenvalue weighted by Gasteiger charge is -2.26. The number of imidazole rings is 1. The third-order valence-electron chi connectivity index (χ3n) is 8.87. The molecule has 5 heteroatoms. The molecule has 5 aromatic carbocycles. The number of nitrogens with zero attached hydrogens (tertiary/aromatic N) is 5. The van der Waals surface area contributed by atoms with Crippen LogP contribution < -0.4 is 4.90 Å². The highest BCUT2D eigenvalue weighted by molar-refractivity contribution is 6.10. The lowest BCUT2D eigenvalue weighted by Crippen LogP contribution is -2.09. The number of aromatic nitrogens is 4. The van der Waals surface area contributed by atoms with Crippen LogP contribution in [0.1, 0.15) is 0 Å². The van der Waals surface area contributed by atoms with Gasteiger partial charge in [-0.3, -0.25) is 14.4 Å². The lowest BCUT2D eigenvalue weighted by molar-refractivity contribution is 1.19. The zero-order valence-electron chi connectivity index (χ0n) is 26.0. The summed E-state index contributed by atoms with van der Waals surface area (Å²) >= 11 is 0. The van der Waals surface area contributed by atoms with Gasteiger partial charge >= 0.3 is 0 Å². The molecule has 0 unspecified atom stereocenters. The highest BCUT2D eigenvalue weighted by Crippen LogP contribution is 2.40. The molecule has 4 heterocycles. The zero-order valence-corrected chi connectivity index (χ0v) is 26.0. The van der Waals surface area contributed by atoms with Crippen molar-refractivity contribution in [2.75, 3.05) is 4.90 Å². The van der Waals surface area contributed by atoms with E-state index < -0.39 is 0 Å². The third-order valence-corrected chi connectivity index (χ3v) is 8.87. The minimum atomic E-state index is 0.916. The molecule has 0 radical (unpaired) electrons. The molecule has 0 fully saturated rings. The van der Waals surface area contributed by atoms with E-state index in [2.05, 4.69) is 154 Å². The van der Waals surface area contributed by atoms with E-state index >= 15 is 0 Å². The Kier molecular flexibility index (Phi) is 6.72. The molecular weight excluding hydrogens is 587 g/mol. The van der Waals surface area contributed by atoms with Crippen LogP contribution >= 0.6 is 0 Å². The van der Waals surface area contributed by atoms with Crippen molar-refractivity contribution in [3.8, 4) is 33.6 Å². The third kappa shape index (κ3) is 4.77. The van der Waals surface area contributed by atoms with Gasteiger partial charge in [0.15, 0.2) is 0 Å². The summed E-state index contributed by atoms with van der Waals surface area (Å²) < 4.78 is 2.17. The minimum Gasteiger partial charge on any atom is -0.310 e. The van der Waals surface area contributed by atoms with Gasteiger partial charge in [0.1, 0.15) is 5.65 Å². The molecule has 5 nitrogen and oxygen atoms in total. The quantitative estimate of drug-likeness (QED) is 0.175. The van der Waals surface area contributed by atoms with E-state index in [1.54, 1.807) is 0 Å². The fourth-order valence-electron chi connectivity index (χ4n) is 6.69. The van der Waals surface area contributed by atoms with Crippen LogP contribution in [0.15, 0.2) is 176 Å². The van der Waals surface area contributed by atoms with Crippen LogP contribution in [0.2, 0.25) is 0 Å². The molecular formula is C43H29N5. The maximum Gasteiger partial charge on any atom is 0.137 e. The maximum absolute atomic E-state index is 5.13. The van der Waals surface area contributed by atoms with E-state index in [0.717, 1.165) is 78.2 Å². The van der Waals surface area contributed by atoms with Gasteiger partial charge in [0, 0.05) is 57.6 Å². The van der Waals surface area contributed by atoms with E-state index in [4.69, 9.17) is 9.97 Å². The molecule has 0 N–H and O–H groups in total. The summed E-state index contributed by atoms with van der Waals surface area (Å²) in [6.07, 6.45) is 5.75. The second-order valence-electron chi connectivity index (χ2n) is 11.8. The molecule has 226 valence electrons. The highest BCUT2D eigenvalue weighted by Gasteiger charge is 2.19. The number of rotatable bonds is 6. The maximum atomic E-state index is 5.13. The largest absolute Gasteiger partial charge is 0.310 e. The second kappa shape index (κ2) is 11.6. The summed E-state index contributed by atoms with van der Waals surface area (Å²) in [5.74, 6) is 0. The molecule has 0 aliphatic heterocycles. The summed E-state index contributed by atoms with van der Waals surface area (Å²) in [6, 6.07) is 55.1. The van der Waals surface area contributed by atoms with Gasteiger partial charge in [-0.2, -0.15) is 0 Å². The van der Waals surface area contributed by atoms with Crippen molar-refractivity contribution in [3.05, 3.63) is 176 Å². The molecule has 0 amide bonds. The van der Waals surface area contributed by atoms with Crippen LogP contribution in [0.3, 0.4) is 0 Å². The molecule has 9 aromatic rings. The van der Waals surface area contributed by atoms with Crippen LogP contribution in [-0.4, -0.2) is 19.4 Å². The smallest absolute Gasteiger partial charge is 0.137 e. The summed E-state index contributed by atoms with van der Waals surface area (Å²) in [6.45, 7) is 0. The van der Waals surface area contributed by atoms with Gasteiger partial charge in [-0.1, -0.05) is 91.0 Å². The number of anilines is 3. The van der Waals surface area contributed by atoms with Gasteiger partial charge in [-0.15, -0.1) is 0 Å². The molecule has 0 atom stereocenters. The lowest BCUT2D eigenvalue weighted by atomic mass is 9.97. The number of para-hydroxylation sites is 1. The van der Waals surface area contributed by atoms with Gasteiger partial charge in [-0.05, 0) is 77.9 Å². The Morgan fingerprint density at radius 3 is 2.00 bits per heavy atom. The predicted molar refractivity (Wildman–Crippen MR) is 197 cm³/mol. The van der Waals surface area contributed by atoms with Gasteiger partial charge in [0.05, 0.1) is 22.4 Å². The highest BCUT2D eigenvalue weighted by atomic mass is 15.1. The fraction of sp³-hybridized carbons (Fsp3) is 0. The van der Waals surface area contributed by atoms with Gasteiger partial charge < -0.3 is 4.90 Å². The Balaban J connectivity index is 1.17. The molecule has 0 bridgehead atoms. The molecule has 0 saturated heterocycles. The molecule has 0 aliphatic carbocycles. The molecule has 0 aliphatic rings. The summed E-state index contributed by atoms with van der Waals surface area (Å²) in [5, 5.41) is 2.16. The van der Waals surface area contributed by atoms with Gasteiger partial charge in [0.2, 0.25) is 0 Å². The van der Waals surface area contributed by atoms with Crippen LogP contribution in [-0.2, 0) is 0 Å². The second-order valence-corrected chi connectivity index (χ2v) is 11.8. The number of hydrogen-bond acceptors (Lipinski definition) is 4. The van der Waals surface area contributed by atoms with Crippen molar-refractivity contribution in [2.24, 2.45) is 0 Å². The predicted octanol–water partition coefficient (Wildman–Crippen LogP) is 10.9. The van der Waals surface area contributed by atoms with Crippen molar-refractivity contribution in [3.63, 3.8) is 0 Å². The first-order chi connectivity index (χ1) is 23.8. The first-order valence-corrected chi connectivity index (χ1v) is 16.0. The summed E-state index contributed by atoms with van der Waals surface area (Å²) in [7, 11) is 0. The average molecular weight is 616 g/mol. The topological polar surface area (TPSA) is 46.3 Å². The van der Waals surface area contributed by atoms with Crippen LogP contribution in [0.25, 0.3) is 61.1 Å². The molecule has 4 aromatic heterocycles. The van der Waals surface area contributed by atoms with E-state index in [9.17, 15) is 0 Å². The number of fused-ring (bicyclic) bond motifs is 4. The Morgan fingerprint density at radius 1 is 0.479 bits per heavy atom. The van der Waals surface area contributed by atoms with Crippen molar-refractivity contribution >= 4 is 44.5 Å². The molecule has 9 rings (SSSR count). The van der Waals surface area contributed by atoms with E-state index in [1.807, 2.05) is 36.7 Å². The number of pyridine rings is 3. The Morgan fingerprint density at radius 2 is 1.17 bits per heavy atom. The van der Waals surface area contributed by atoms with Gasteiger partial charge in [0.25, 0.3) is 0 Å². The SMILES string of the molecule is c1ccc(-c2c(-c3cccc(N(c4ccccc4)c4ccc(-c5cc6cccnc6c6ncccc56)cc4)c3)nc3ccccn23)cc1. The number of benzene rings is 5. The monoisotopic (exact) mass is 615 g/mol. The van der Waals surface area contributed by atoms with Crippen LogP contribution in [0.5, 0.6) is 0 Å². The molecule has 0 spiro atoms. The standard InChI is InChI=1S/C43H29N5/c1-3-12-31(13-4-1)43-41(46-39-20-7-8-27-47(39)43)32-14-9-18-36(28-32)48(34-16-5-2-6-17-34)35-23-21-30(22-24-35)38-29-33-15-10-25-44-40(33)42-37(38)19-11-26-45-42/h1-29H. The van der Waals surface area contributed by atoms with Crippen molar-refractivity contribution in [1.29, 1.82) is 0 Å². The fourth-order valence-corrected chi connectivity index (χ4v) is 6.69. The minimum absolute atomic E-state index is 0.916. The molecule has 48 heavy (non-hydrogen) atoms. The first-order valence-electron chi connectivity index (χ1n) is 16.0. The zero-order chi connectivity index (χ0) is 31.9. The summed E-state index contributed by atoms with van der Waals surface area (Å²) in [4.78, 5) is 16.8. The molecule has 0 saturated carbocycles. The van der Waals surface area contributed by atoms with Crippen molar-refractivity contribution in [2.45, 2.75) is 0 Å². The normalized spacial score (nSPS) is 11.3. The van der Waals surface area contributed by atoms with Crippen LogP contribution in [0, 0.1) is 0 Å². The average Bonchev–Trinajstić information content (AvgIpc) is 3.56. The Bertz CT molecular complexity index is 2560. The van der Waals surface area contributed by atoms with Crippen molar-refractivity contribution < 1.29 is 0 Å². The first kappa shape index (κ1) is 27.7. The Hall–Kier alpha value is -6.59. The van der Waals surface area contributed by atoms with E-state index in [-0.39, 0.29) is 0 Å². The Labute approximate surface area is 278 Å².